The molecule has 2 rings (SSSR count). The molecule has 1 aromatic rings. The summed E-state index contributed by atoms with van der Waals surface area (Å²) in [7, 11) is -3.39. The van der Waals surface area contributed by atoms with Crippen molar-refractivity contribution in [2.24, 2.45) is 0 Å². The molecule has 0 aromatic heterocycles. The molecule has 1 amide bonds. The van der Waals surface area contributed by atoms with Gasteiger partial charge in [-0.1, -0.05) is 0 Å². The lowest BCUT2D eigenvalue weighted by molar-refractivity contribution is -0.121. The Bertz CT molecular complexity index is 634. The Hall–Kier alpha value is -1.60. The summed E-state index contributed by atoms with van der Waals surface area (Å²) in [6.07, 6.45) is 2.68. The lowest BCUT2D eigenvalue weighted by Gasteiger charge is -2.23. The van der Waals surface area contributed by atoms with Crippen LogP contribution in [0.5, 0.6) is 5.75 Å². The quantitative estimate of drug-likeness (QED) is 0.720. The van der Waals surface area contributed by atoms with Crippen molar-refractivity contribution in [2.45, 2.75) is 30.2 Å². The fraction of sp³-hybridized carbons (Fsp3) is 0.462. The van der Waals surface area contributed by atoms with Crippen LogP contribution in [-0.2, 0) is 14.6 Å². The zero-order valence-electron chi connectivity index (χ0n) is 11.4. The first kappa shape index (κ1) is 14.8. The minimum Gasteiger partial charge on any atom is -0.506 e. The lowest BCUT2D eigenvalue weighted by Crippen LogP contribution is -2.47. The molecule has 1 atom stereocenters. The molecule has 6 nitrogen and oxygen atoms in total. The van der Waals surface area contributed by atoms with Gasteiger partial charge in [-0.2, -0.15) is 0 Å². The number of hydrogen-bond donors (Lipinski definition) is 3. The fourth-order valence-corrected chi connectivity index (χ4v) is 2.84. The number of phenols is 1. The second-order valence-electron chi connectivity index (χ2n) is 5.27. The number of anilines is 1. The van der Waals surface area contributed by atoms with Crippen molar-refractivity contribution in [3.63, 3.8) is 0 Å². The van der Waals surface area contributed by atoms with Crippen LogP contribution in [0.3, 0.4) is 0 Å². The topological polar surface area (TPSA) is 95.5 Å². The maximum absolute atomic E-state index is 12.2. The molecule has 110 valence electrons. The number of phenolic OH excluding ortho intramolecular Hbond substituents is 1. The monoisotopic (exact) mass is 298 g/mol. The summed E-state index contributed by atoms with van der Waals surface area (Å²) in [5, 5.41) is 15.4. The molecule has 1 aliphatic heterocycles. The Balaban J connectivity index is 2.27. The van der Waals surface area contributed by atoms with Gasteiger partial charge >= 0.3 is 0 Å². The lowest BCUT2D eigenvalue weighted by atomic mass is 9.99. The van der Waals surface area contributed by atoms with Gasteiger partial charge in [-0.05, 0) is 44.5 Å². The van der Waals surface area contributed by atoms with Crippen molar-refractivity contribution < 1.29 is 18.3 Å². The third-order valence-corrected chi connectivity index (χ3v) is 4.62. The van der Waals surface area contributed by atoms with Crippen LogP contribution in [0.25, 0.3) is 0 Å². The summed E-state index contributed by atoms with van der Waals surface area (Å²) in [5.74, 6) is -0.441. The van der Waals surface area contributed by atoms with Gasteiger partial charge in [-0.25, -0.2) is 8.42 Å². The second kappa shape index (κ2) is 5.06. The van der Waals surface area contributed by atoms with Gasteiger partial charge in [0.2, 0.25) is 5.91 Å². The van der Waals surface area contributed by atoms with Gasteiger partial charge in [-0.3, -0.25) is 4.79 Å². The average Bonchev–Trinajstić information content (AvgIpc) is 2.79. The van der Waals surface area contributed by atoms with Gasteiger partial charge < -0.3 is 15.7 Å². The number of hydrogen-bond acceptors (Lipinski definition) is 5. The molecule has 1 heterocycles. The van der Waals surface area contributed by atoms with Crippen molar-refractivity contribution in [3.8, 4) is 5.75 Å². The molecule has 0 saturated carbocycles. The molecule has 1 aromatic carbocycles. The Morgan fingerprint density at radius 1 is 1.45 bits per heavy atom. The van der Waals surface area contributed by atoms with Gasteiger partial charge in [0.25, 0.3) is 0 Å². The number of amides is 1. The van der Waals surface area contributed by atoms with E-state index in [9.17, 15) is 18.3 Å². The van der Waals surface area contributed by atoms with E-state index in [1.54, 1.807) is 6.92 Å². The Kier molecular flexibility index (Phi) is 3.75. The number of carbonyl (C=O) groups is 1. The van der Waals surface area contributed by atoms with Gasteiger partial charge in [-0.15, -0.1) is 0 Å². The molecule has 20 heavy (non-hydrogen) atoms. The highest BCUT2D eigenvalue weighted by Crippen LogP contribution is 2.28. The van der Waals surface area contributed by atoms with Crippen molar-refractivity contribution in [1.82, 2.24) is 5.32 Å². The van der Waals surface area contributed by atoms with E-state index < -0.39 is 15.4 Å². The van der Waals surface area contributed by atoms with Crippen LogP contribution in [-0.4, -0.2) is 37.8 Å². The van der Waals surface area contributed by atoms with Crippen LogP contribution in [0.2, 0.25) is 0 Å². The number of carbonyl (C=O) groups excluding carboxylic acids is 1. The first-order valence-electron chi connectivity index (χ1n) is 6.32. The predicted octanol–water partition coefficient (Wildman–Crippen LogP) is 0.876. The summed E-state index contributed by atoms with van der Waals surface area (Å²) in [5.41, 5.74) is -0.582. The Morgan fingerprint density at radius 3 is 2.70 bits per heavy atom. The minimum atomic E-state index is -3.39. The molecule has 1 unspecified atom stereocenters. The number of benzene rings is 1. The van der Waals surface area contributed by atoms with Crippen molar-refractivity contribution in [1.29, 1.82) is 0 Å². The van der Waals surface area contributed by atoms with E-state index >= 15 is 0 Å². The average molecular weight is 298 g/mol. The number of aromatic hydroxyl groups is 1. The van der Waals surface area contributed by atoms with Crippen LogP contribution in [0.4, 0.5) is 5.69 Å². The third-order valence-electron chi connectivity index (χ3n) is 3.51. The largest absolute Gasteiger partial charge is 0.506 e. The number of sulfone groups is 1. The van der Waals surface area contributed by atoms with Crippen molar-refractivity contribution in [2.75, 3.05) is 18.1 Å². The van der Waals surface area contributed by atoms with E-state index in [2.05, 4.69) is 10.6 Å². The molecule has 1 aliphatic rings. The second-order valence-corrected chi connectivity index (χ2v) is 7.28. The summed E-state index contributed by atoms with van der Waals surface area (Å²) >= 11 is 0. The molecule has 0 radical (unpaired) electrons. The van der Waals surface area contributed by atoms with E-state index in [0.29, 0.717) is 6.42 Å². The smallest absolute Gasteiger partial charge is 0.244 e. The summed E-state index contributed by atoms with van der Waals surface area (Å²) in [6.45, 7) is 2.55. The third kappa shape index (κ3) is 2.94. The van der Waals surface area contributed by atoms with Crippen molar-refractivity contribution >= 4 is 21.4 Å². The van der Waals surface area contributed by atoms with Gasteiger partial charge in [0.15, 0.2) is 9.84 Å². The van der Waals surface area contributed by atoms with E-state index in [-0.39, 0.29) is 22.2 Å². The zero-order chi connectivity index (χ0) is 15.0. The standard InChI is InChI=1S/C13H18N2O4S/c1-13(6-3-7-14-13)12(17)15-10-8-9(20(2,18)19)4-5-11(10)16/h4-5,8,14,16H,3,6-7H2,1-2H3,(H,15,17). The fourth-order valence-electron chi connectivity index (χ4n) is 2.19. The van der Waals surface area contributed by atoms with Crippen LogP contribution < -0.4 is 10.6 Å². The first-order valence-corrected chi connectivity index (χ1v) is 8.21. The molecule has 1 fully saturated rings. The van der Waals surface area contributed by atoms with Crippen LogP contribution in [0.15, 0.2) is 23.1 Å². The van der Waals surface area contributed by atoms with E-state index in [1.165, 1.54) is 18.2 Å². The molecular formula is C13H18N2O4S. The zero-order valence-corrected chi connectivity index (χ0v) is 12.3. The predicted molar refractivity (Wildman–Crippen MR) is 75.5 cm³/mol. The number of rotatable bonds is 3. The number of nitrogens with one attached hydrogen (secondary N) is 2. The molecule has 3 N–H and O–H groups in total. The highest BCUT2D eigenvalue weighted by Gasteiger charge is 2.36. The molecule has 1 saturated heterocycles. The Morgan fingerprint density at radius 2 is 2.15 bits per heavy atom. The summed E-state index contributed by atoms with van der Waals surface area (Å²) < 4.78 is 23.0. The molecule has 0 aliphatic carbocycles. The van der Waals surface area contributed by atoms with Gasteiger partial charge in [0, 0.05) is 6.26 Å². The normalized spacial score (nSPS) is 22.7. The maximum atomic E-state index is 12.2. The summed E-state index contributed by atoms with van der Waals surface area (Å²) in [6, 6.07) is 3.83. The van der Waals surface area contributed by atoms with Crippen LogP contribution >= 0.6 is 0 Å². The highest BCUT2D eigenvalue weighted by atomic mass is 32.2. The molecule has 0 spiro atoms. The van der Waals surface area contributed by atoms with E-state index in [0.717, 1.165) is 19.2 Å². The maximum Gasteiger partial charge on any atom is 0.244 e. The Labute approximate surface area is 118 Å². The van der Waals surface area contributed by atoms with Gasteiger partial charge in [0.05, 0.1) is 16.1 Å². The minimum absolute atomic E-state index is 0.0511. The molecular weight excluding hydrogens is 280 g/mol. The molecule has 0 bridgehead atoms. The van der Waals surface area contributed by atoms with Gasteiger partial charge in [0.1, 0.15) is 5.75 Å². The highest BCUT2D eigenvalue weighted by molar-refractivity contribution is 7.90. The van der Waals surface area contributed by atoms with Crippen molar-refractivity contribution in [3.05, 3.63) is 18.2 Å². The van der Waals surface area contributed by atoms with E-state index in [4.69, 9.17) is 0 Å². The summed E-state index contributed by atoms with van der Waals surface area (Å²) in [4.78, 5) is 12.3. The SMILES string of the molecule is CC1(C(=O)Nc2cc(S(C)(=O)=O)ccc2O)CCCN1. The molecule has 7 heteroatoms. The van der Waals surface area contributed by atoms with Crippen LogP contribution in [0.1, 0.15) is 19.8 Å². The first-order chi connectivity index (χ1) is 9.22. The van der Waals surface area contributed by atoms with E-state index in [1.807, 2.05) is 0 Å². The van der Waals surface area contributed by atoms with Crippen LogP contribution in [0, 0.1) is 0 Å².